The number of aliphatic hydroxyl groups excluding tert-OH is 1. The molecule has 2 N–H and O–H groups in total. The number of esters is 2. The van der Waals surface area contributed by atoms with Crippen molar-refractivity contribution in [3.63, 3.8) is 0 Å². The Morgan fingerprint density at radius 1 is 0.673 bits per heavy atom. The number of carbonyl (C=O) groups excluding carboxylic acids is 3. The summed E-state index contributed by atoms with van der Waals surface area (Å²) in [5.74, 6) is -1.64. The lowest BCUT2D eigenvalue weighted by Gasteiger charge is -2.50. The van der Waals surface area contributed by atoms with Crippen molar-refractivity contribution in [2.45, 2.75) is 61.9 Å². The Bertz CT molecular complexity index is 1970. The van der Waals surface area contributed by atoms with Gasteiger partial charge in [-0.15, -0.1) is 0 Å². The molecule has 7 rings (SSSR count). The van der Waals surface area contributed by atoms with Gasteiger partial charge in [0.1, 0.15) is 24.9 Å². The Morgan fingerprint density at radius 3 is 1.56 bits per heavy atom. The van der Waals surface area contributed by atoms with E-state index in [1.807, 2.05) is 140 Å². The fourth-order valence-corrected chi connectivity index (χ4v) is 8.27. The van der Waals surface area contributed by atoms with Crippen LogP contribution in [0.3, 0.4) is 0 Å². The molecule has 1 amide bonds. The first-order valence-electron chi connectivity index (χ1n) is 18.2. The van der Waals surface area contributed by atoms with Crippen LogP contribution in [0.15, 0.2) is 140 Å². The third-order valence-electron chi connectivity index (χ3n) is 10.5. The summed E-state index contributed by atoms with van der Waals surface area (Å²) in [6.07, 6.45) is -7.77. The van der Waals surface area contributed by atoms with Crippen LogP contribution in [-0.4, -0.2) is 73.6 Å². The Kier molecular flexibility index (Phi) is 11.1. The average molecular weight is 742 g/mol. The highest BCUT2D eigenvalue weighted by Gasteiger charge is 2.58. The standard InChI is InChI=1S/C45H43NO9/c1-28(47)53-39-38(46-44(50)52-27-37-35-25-15-13-23-33(35)34-24-14-16-26-36(34)37)43(51-3)55-41(40(39)54-29(2)48)42(49)45(30-17-7-4-8-18-30,31-19-9-5-10-20-31)32-21-11-6-12-22-32/h4-26,37-43,49H,27H2,1-3H3,(H,46,50)/t38-,39-,40+,41+,42?,43+/m1/s1. The average Bonchev–Trinajstić information content (AvgIpc) is 3.53. The first-order valence-corrected chi connectivity index (χ1v) is 18.2. The summed E-state index contributed by atoms with van der Waals surface area (Å²) in [4.78, 5) is 39.4. The molecule has 10 heteroatoms. The summed E-state index contributed by atoms with van der Waals surface area (Å²) >= 11 is 0. The Morgan fingerprint density at radius 2 is 1.11 bits per heavy atom. The number of amides is 1. The van der Waals surface area contributed by atoms with E-state index < -0.39 is 60.2 Å². The summed E-state index contributed by atoms with van der Waals surface area (Å²) in [5, 5.41) is 15.8. The molecule has 6 atom stereocenters. The molecule has 0 bridgehead atoms. The smallest absolute Gasteiger partial charge is 0.407 e. The van der Waals surface area contributed by atoms with Crippen LogP contribution in [0.1, 0.15) is 47.6 Å². The van der Waals surface area contributed by atoms with Crippen LogP contribution >= 0.6 is 0 Å². The molecular formula is C45H43NO9. The quantitative estimate of drug-likeness (QED) is 0.0883. The zero-order valence-corrected chi connectivity index (χ0v) is 30.7. The summed E-state index contributed by atoms with van der Waals surface area (Å²) in [7, 11) is 1.37. The number of carbonyl (C=O) groups is 3. The monoisotopic (exact) mass is 741 g/mol. The molecule has 55 heavy (non-hydrogen) atoms. The normalized spacial score (nSPS) is 21.1. The minimum atomic E-state index is -1.49. The number of fused-ring (bicyclic) bond motifs is 3. The van der Waals surface area contributed by atoms with E-state index in [1.165, 1.54) is 21.0 Å². The molecule has 2 aliphatic rings. The largest absolute Gasteiger partial charge is 0.456 e. The summed E-state index contributed by atoms with van der Waals surface area (Å²) in [6, 6.07) is 43.1. The highest BCUT2D eigenvalue weighted by Crippen LogP contribution is 2.47. The van der Waals surface area contributed by atoms with Crippen LogP contribution in [0.5, 0.6) is 0 Å². The summed E-state index contributed by atoms with van der Waals surface area (Å²) in [6.45, 7) is 2.44. The zero-order chi connectivity index (χ0) is 38.5. The minimum Gasteiger partial charge on any atom is -0.456 e. The Hall–Kier alpha value is -5.81. The van der Waals surface area contributed by atoms with Crippen LogP contribution < -0.4 is 5.32 Å². The maximum atomic E-state index is 13.7. The van der Waals surface area contributed by atoms with E-state index >= 15 is 0 Å². The summed E-state index contributed by atoms with van der Waals surface area (Å²) in [5.41, 5.74) is 5.10. The van der Waals surface area contributed by atoms with Crippen molar-refractivity contribution in [1.29, 1.82) is 0 Å². The molecule has 5 aromatic carbocycles. The fourth-order valence-electron chi connectivity index (χ4n) is 8.27. The van der Waals surface area contributed by atoms with Gasteiger partial charge >= 0.3 is 18.0 Å². The Labute approximate surface area is 320 Å². The van der Waals surface area contributed by atoms with Crippen LogP contribution in [0.25, 0.3) is 11.1 Å². The third kappa shape index (κ3) is 7.24. The van der Waals surface area contributed by atoms with E-state index in [1.54, 1.807) is 0 Å². The van der Waals surface area contributed by atoms with Crippen molar-refractivity contribution in [3.05, 3.63) is 167 Å². The SMILES string of the molecule is CO[C@H]1O[C@H](C(O)C(c2ccccc2)(c2ccccc2)c2ccccc2)[C@@H](OC(C)=O)[C@H](OC(C)=O)[C@H]1NC(=O)OCC1c2ccccc2-c2ccccc21. The number of ether oxygens (including phenoxy) is 5. The Balaban J connectivity index is 1.25. The van der Waals surface area contributed by atoms with Crippen molar-refractivity contribution in [1.82, 2.24) is 5.32 Å². The predicted octanol–water partition coefficient (Wildman–Crippen LogP) is 6.52. The fraction of sp³-hybridized carbons (Fsp3) is 0.267. The van der Waals surface area contributed by atoms with Crippen molar-refractivity contribution < 1.29 is 43.2 Å². The third-order valence-corrected chi connectivity index (χ3v) is 10.5. The molecular weight excluding hydrogens is 698 g/mol. The molecule has 282 valence electrons. The molecule has 1 saturated heterocycles. The van der Waals surface area contributed by atoms with E-state index in [9.17, 15) is 19.5 Å². The van der Waals surface area contributed by atoms with Crippen molar-refractivity contribution >= 4 is 18.0 Å². The minimum absolute atomic E-state index is 0.0196. The highest BCUT2D eigenvalue weighted by atomic mass is 16.7. The maximum Gasteiger partial charge on any atom is 0.407 e. The van der Waals surface area contributed by atoms with Crippen molar-refractivity contribution in [3.8, 4) is 11.1 Å². The zero-order valence-electron chi connectivity index (χ0n) is 30.7. The molecule has 10 nitrogen and oxygen atoms in total. The van der Waals surface area contributed by atoms with Gasteiger partial charge in [-0.05, 0) is 38.9 Å². The number of alkyl carbamates (subject to hydrolysis) is 1. The lowest BCUT2D eigenvalue weighted by molar-refractivity contribution is -0.283. The van der Waals surface area contributed by atoms with Crippen molar-refractivity contribution in [2.24, 2.45) is 0 Å². The van der Waals surface area contributed by atoms with Gasteiger partial charge in [-0.2, -0.15) is 0 Å². The van der Waals surface area contributed by atoms with Crippen molar-refractivity contribution in [2.75, 3.05) is 13.7 Å². The maximum absolute atomic E-state index is 13.7. The van der Waals surface area contributed by atoms with Crippen LogP contribution in [0.2, 0.25) is 0 Å². The molecule has 5 aromatic rings. The van der Waals surface area contributed by atoms with Crippen LogP contribution in [0.4, 0.5) is 4.79 Å². The molecule has 1 fully saturated rings. The molecule has 0 spiro atoms. The molecule has 0 radical (unpaired) electrons. The number of hydrogen-bond donors (Lipinski definition) is 2. The van der Waals surface area contributed by atoms with Gasteiger partial charge in [0, 0.05) is 26.9 Å². The van der Waals surface area contributed by atoms with Gasteiger partial charge in [0.05, 0.1) is 5.41 Å². The van der Waals surface area contributed by atoms with Gasteiger partial charge in [0.2, 0.25) is 0 Å². The molecule has 1 heterocycles. The van der Waals surface area contributed by atoms with E-state index in [0.717, 1.165) is 38.9 Å². The second kappa shape index (κ2) is 16.3. The van der Waals surface area contributed by atoms with E-state index in [2.05, 4.69) is 5.32 Å². The molecule has 1 unspecified atom stereocenters. The summed E-state index contributed by atoms with van der Waals surface area (Å²) < 4.78 is 30.0. The van der Waals surface area contributed by atoms with Gasteiger partial charge in [-0.3, -0.25) is 9.59 Å². The number of hydrogen-bond acceptors (Lipinski definition) is 9. The topological polar surface area (TPSA) is 130 Å². The van der Waals surface area contributed by atoms with Crippen LogP contribution in [0, 0.1) is 0 Å². The molecule has 0 saturated carbocycles. The molecule has 1 aliphatic carbocycles. The second-order valence-corrected chi connectivity index (χ2v) is 13.7. The van der Waals surface area contributed by atoms with Gasteiger partial charge in [0.25, 0.3) is 0 Å². The number of methoxy groups -OCH3 is 1. The lowest BCUT2D eigenvalue weighted by atomic mass is 9.63. The highest BCUT2D eigenvalue weighted by molar-refractivity contribution is 5.79. The first-order chi connectivity index (χ1) is 26.7. The van der Waals surface area contributed by atoms with Crippen LogP contribution in [-0.2, 0) is 38.7 Å². The van der Waals surface area contributed by atoms with Gasteiger partial charge in [0.15, 0.2) is 18.5 Å². The first kappa shape index (κ1) is 37.5. The second-order valence-electron chi connectivity index (χ2n) is 13.7. The number of rotatable bonds is 11. The predicted molar refractivity (Wildman–Crippen MR) is 204 cm³/mol. The number of nitrogens with one attached hydrogen (secondary N) is 1. The molecule has 1 aliphatic heterocycles. The van der Waals surface area contributed by atoms with Gasteiger partial charge in [-0.1, -0.05) is 140 Å². The van der Waals surface area contributed by atoms with E-state index in [0.29, 0.717) is 0 Å². The number of benzene rings is 5. The number of aliphatic hydroxyl groups is 1. The van der Waals surface area contributed by atoms with Gasteiger partial charge in [-0.25, -0.2) is 4.79 Å². The molecule has 0 aromatic heterocycles. The lowest BCUT2D eigenvalue weighted by Crippen LogP contribution is -2.69. The van der Waals surface area contributed by atoms with E-state index in [4.69, 9.17) is 23.7 Å². The van der Waals surface area contributed by atoms with Gasteiger partial charge < -0.3 is 34.1 Å². The van der Waals surface area contributed by atoms with E-state index in [-0.39, 0.29) is 12.5 Å².